The van der Waals surface area contributed by atoms with E-state index in [0.29, 0.717) is 11.8 Å². The van der Waals surface area contributed by atoms with E-state index in [1.54, 1.807) is 6.07 Å². The molecule has 2 aliphatic rings. The van der Waals surface area contributed by atoms with E-state index in [-0.39, 0.29) is 25.5 Å². The standard InChI is InChI=1S/C17H25NO5P.2CH4O/c1-4-18(13(2)3)17-10-9-15(22-17)12-21-24(19)20-11-14-7-5-6-8-16(14)23-24;2*1-2/h4-8,13,15,17,19H,1,9-12H2,2-3H3;2*2H,1H3/q+1;;. The van der Waals surface area contributed by atoms with E-state index in [1.807, 2.05) is 24.4 Å². The van der Waals surface area contributed by atoms with Gasteiger partial charge in [-0.1, -0.05) is 24.8 Å². The molecule has 160 valence electrons. The first-order valence-electron chi connectivity index (χ1n) is 9.14. The van der Waals surface area contributed by atoms with E-state index in [0.717, 1.165) is 32.6 Å². The van der Waals surface area contributed by atoms with Crippen molar-refractivity contribution < 1.29 is 33.4 Å². The maximum absolute atomic E-state index is 10.5. The minimum absolute atomic E-state index is 0.00186. The second-order valence-corrected chi connectivity index (χ2v) is 7.89. The fourth-order valence-electron chi connectivity index (χ4n) is 2.94. The molecule has 9 heteroatoms. The molecule has 1 fully saturated rings. The Kier molecular flexibility index (Phi) is 10.9. The van der Waals surface area contributed by atoms with Crippen molar-refractivity contribution in [2.24, 2.45) is 0 Å². The molecule has 1 saturated heterocycles. The van der Waals surface area contributed by atoms with Crippen LogP contribution in [-0.2, 0) is 20.4 Å². The third-order valence-corrected chi connectivity index (χ3v) is 5.58. The Morgan fingerprint density at radius 3 is 2.57 bits per heavy atom. The van der Waals surface area contributed by atoms with Gasteiger partial charge in [-0.2, -0.15) is 4.89 Å². The predicted molar refractivity (Wildman–Crippen MR) is 108 cm³/mol. The van der Waals surface area contributed by atoms with Gasteiger partial charge in [-0.25, -0.2) is 0 Å². The van der Waals surface area contributed by atoms with Crippen LogP contribution < -0.4 is 4.52 Å². The van der Waals surface area contributed by atoms with Crippen molar-refractivity contribution in [2.45, 2.75) is 51.7 Å². The molecular weight excluding hydrogens is 385 g/mol. The molecule has 0 spiro atoms. The van der Waals surface area contributed by atoms with Gasteiger partial charge in [0.15, 0.2) is 5.75 Å². The van der Waals surface area contributed by atoms with Gasteiger partial charge in [0.05, 0.1) is 6.10 Å². The minimum Gasteiger partial charge on any atom is -0.400 e. The Hall–Kier alpha value is -1.25. The number of benzene rings is 1. The summed E-state index contributed by atoms with van der Waals surface area (Å²) < 4.78 is 22.6. The largest absolute Gasteiger partial charge is 0.619 e. The minimum atomic E-state index is -3.33. The summed E-state index contributed by atoms with van der Waals surface area (Å²) in [4.78, 5) is 12.5. The Bertz CT molecular complexity index is 589. The summed E-state index contributed by atoms with van der Waals surface area (Å²) in [5, 5.41) is 14.0. The van der Waals surface area contributed by atoms with Crippen LogP contribution in [0.2, 0.25) is 0 Å². The highest BCUT2D eigenvalue weighted by molar-refractivity contribution is 7.55. The average molecular weight is 418 g/mol. The van der Waals surface area contributed by atoms with E-state index in [1.165, 1.54) is 0 Å². The zero-order valence-corrected chi connectivity index (χ0v) is 17.9. The van der Waals surface area contributed by atoms with Crippen LogP contribution in [0.1, 0.15) is 32.3 Å². The van der Waals surface area contributed by atoms with Gasteiger partial charge in [0.25, 0.3) is 0 Å². The first kappa shape index (κ1) is 24.8. The molecule has 0 amide bonds. The average Bonchev–Trinajstić information content (AvgIpc) is 3.18. The number of ether oxygens (including phenoxy) is 1. The summed E-state index contributed by atoms with van der Waals surface area (Å²) in [5.41, 5.74) is 0.904. The van der Waals surface area contributed by atoms with Gasteiger partial charge >= 0.3 is 8.17 Å². The Labute approximate surface area is 168 Å². The monoisotopic (exact) mass is 418 g/mol. The molecule has 3 atom stereocenters. The molecule has 3 unspecified atom stereocenters. The van der Waals surface area contributed by atoms with Crippen molar-refractivity contribution in [1.82, 2.24) is 4.90 Å². The number of para-hydroxylation sites is 1. The van der Waals surface area contributed by atoms with Crippen LogP contribution in [-0.4, -0.2) is 59.2 Å². The maximum Gasteiger partial charge on any atom is 0.619 e. The number of aliphatic hydroxyl groups excluding tert-OH is 2. The number of rotatable bonds is 6. The third-order valence-electron chi connectivity index (χ3n) is 4.22. The second kappa shape index (κ2) is 12.3. The molecule has 3 rings (SSSR count). The van der Waals surface area contributed by atoms with E-state index >= 15 is 0 Å². The summed E-state index contributed by atoms with van der Waals surface area (Å²) in [6.07, 6.45) is 3.48. The normalized spacial score (nSPS) is 25.4. The quantitative estimate of drug-likeness (QED) is 0.607. The fourth-order valence-corrected chi connectivity index (χ4v) is 4.21. The lowest BCUT2D eigenvalue weighted by Gasteiger charge is -2.30. The van der Waals surface area contributed by atoms with Crippen LogP contribution in [0, 0.1) is 0 Å². The van der Waals surface area contributed by atoms with Gasteiger partial charge in [0.2, 0.25) is 0 Å². The van der Waals surface area contributed by atoms with Crippen molar-refractivity contribution in [2.75, 3.05) is 20.8 Å². The SMILES string of the molecule is C=CN(C(C)C)C1CCC(CO[P+]2(O)OCc3ccccc3O2)O1.CO.CO. The zero-order valence-electron chi connectivity index (χ0n) is 17.0. The molecule has 0 radical (unpaired) electrons. The zero-order chi connectivity index (χ0) is 21.2. The molecule has 28 heavy (non-hydrogen) atoms. The second-order valence-electron chi connectivity index (χ2n) is 6.25. The number of hydrogen-bond acceptors (Lipinski definition) is 8. The maximum atomic E-state index is 10.5. The first-order valence-corrected chi connectivity index (χ1v) is 10.6. The first-order chi connectivity index (χ1) is 13.5. The lowest BCUT2D eigenvalue weighted by atomic mass is 10.2. The molecular formula is C19H33NO7P+. The van der Waals surface area contributed by atoms with Crippen molar-refractivity contribution in [3.63, 3.8) is 0 Å². The molecule has 2 heterocycles. The molecule has 0 aliphatic carbocycles. The number of hydrogen-bond donors (Lipinski definition) is 3. The van der Waals surface area contributed by atoms with Crippen LogP contribution in [0.15, 0.2) is 37.0 Å². The van der Waals surface area contributed by atoms with E-state index in [2.05, 4.69) is 25.3 Å². The molecule has 2 aliphatic heterocycles. The van der Waals surface area contributed by atoms with Gasteiger partial charge in [-0.05, 0) is 39.0 Å². The summed E-state index contributed by atoms with van der Waals surface area (Å²) in [5.74, 6) is 0.613. The molecule has 1 aromatic carbocycles. The van der Waals surface area contributed by atoms with E-state index in [4.69, 9.17) is 28.5 Å². The highest BCUT2D eigenvalue weighted by Crippen LogP contribution is 2.61. The summed E-state index contributed by atoms with van der Waals surface area (Å²) in [6.45, 7) is 8.57. The van der Waals surface area contributed by atoms with Crippen LogP contribution >= 0.6 is 8.17 Å². The third kappa shape index (κ3) is 6.67. The number of nitrogens with zero attached hydrogens (tertiary/aromatic N) is 1. The van der Waals surface area contributed by atoms with Gasteiger partial charge in [0, 0.05) is 25.8 Å². The van der Waals surface area contributed by atoms with Crippen molar-refractivity contribution in [1.29, 1.82) is 0 Å². The number of aliphatic hydroxyl groups is 2. The smallest absolute Gasteiger partial charge is 0.400 e. The van der Waals surface area contributed by atoms with Crippen molar-refractivity contribution in [3.05, 3.63) is 42.6 Å². The van der Waals surface area contributed by atoms with Crippen LogP contribution in [0.5, 0.6) is 5.75 Å². The predicted octanol–water partition coefficient (Wildman–Crippen LogP) is 2.86. The van der Waals surface area contributed by atoms with Gasteiger partial charge in [-0.3, -0.25) is 4.52 Å². The van der Waals surface area contributed by atoms with Crippen LogP contribution in [0.3, 0.4) is 0 Å². The Morgan fingerprint density at radius 2 is 1.93 bits per heavy atom. The van der Waals surface area contributed by atoms with Crippen molar-refractivity contribution >= 4 is 8.17 Å². The molecule has 3 N–H and O–H groups in total. The molecule has 0 bridgehead atoms. The van der Waals surface area contributed by atoms with Gasteiger partial charge < -0.3 is 19.8 Å². The fraction of sp³-hybridized carbons (Fsp3) is 0.579. The van der Waals surface area contributed by atoms with Crippen LogP contribution in [0.25, 0.3) is 0 Å². The Balaban J connectivity index is 0.000000921. The van der Waals surface area contributed by atoms with E-state index in [9.17, 15) is 4.89 Å². The molecule has 8 nitrogen and oxygen atoms in total. The van der Waals surface area contributed by atoms with Crippen molar-refractivity contribution in [3.8, 4) is 5.75 Å². The molecule has 0 saturated carbocycles. The summed E-state index contributed by atoms with van der Waals surface area (Å²) in [6, 6.07) is 7.79. The summed E-state index contributed by atoms with van der Waals surface area (Å²) >= 11 is 0. The summed E-state index contributed by atoms with van der Waals surface area (Å²) in [7, 11) is -1.33. The van der Waals surface area contributed by atoms with E-state index < -0.39 is 8.17 Å². The lowest BCUT2D eigenvalue weighted by Crippen LogP contribution is -2.36. The topological polar surface area (TPSA) is 101 Å². The number of fused-ring (bicyclic) bond motifs is 1. The van der Waals surface area contributed by atoms with Crippen LogP contribution in [0.4, 0.5) is 0 Å². The van der Waals surface area contributed by atoms with Gasteiger partial charge in [-0.15, -0.1) is 9.05 Å². The Morgan fingerprint density at radius 1 is 1.25 bits per heavy atom. The van der Waals surface area contributed by atoms with Gasteiger partial charge in [0.1, 0.15) is 19.4 Å². The highest BCUT2D eigenvalue weighted by atomic mass is 31.2. The lowest BCUT2D eigenvalue weighted by molar-refractivity contribution is -0.0616. The molecule has 1 aromatic rings. The molecule has 0 aromatic heterocycles. The highest BCUT2D eigenvalue weighted by Gasteiger charge is 2.51.